The second-order valence-electron chi connectivity index (χ2n) is 21.4. The molecule has 0 aliphatic carbocycles. The number of cyclic esters (lactones) is 2. The first-order chi connectivity index (χ1) is 41.7. The average Bonchev–Trinajstić information content (AvgIpc) is 2.76. The number of ether oxygens (including phenoxy) is 2. The molecule has 6 aromatic rings. The smallest absolute Gasteiger partial charge is 0.373 e. The Morgan fingerprint density at radius 3 is 1.42 bits per heavy atom. The van der Waals surface area contributed by atoms with Crippen LogP contribution in [0.2, 0.25) is 0 Å². The van der Waals surface area contributed by atoms with E-state index >= 15 is 0 Å². The zero-order chi connectivity index (χ0) is 61.4. The maximum atomic E-state index is 13.1. The van der Waals surface area contributed by atoms with E-state index in [1.54, 1.807) is 48.5 Å². The van der Waals surface area contributed by atoms with E-state index in [4.69, 9.17) is 38.6 Å². The zero-order valence-corrected chi connectivity index (χ0v) is 47.2. The Morgan fingerprint density at radius 2 is 0.872 bits per heavy atom. The van der Waals surface area contributed by atoms with Crippen LogP contribution in [0.15, 0.2) is 97.1 Å². The van der Waals surface area contributed by atoms with Crippen LogP contribution in [0.25, 0.3) is 0 Å². The summed E-state index contributed by atoms with van der Waals surface area (Å²) in [7, 11) is 0. The van der Waals surface area contributed by atoms with Gasteiger partial charge < -0.3 is 49.7 Å². The number of carboxylic acids is 1. The topological polar surface area (TPSA) is 300 Å². The van der Waals surface area contributed by atoms with Crippen molar-refractivity contribution < 1.29 is 83.0 Å². The molecule has 0 fully saturated rings. The number of fused-ring (bicyclic) bond motifs is 2. The van der Waals surface area contributed by atoms with E-state index < -0.39 is 30.1 Å². The predicted octanol–water partition coefficient (Wildman–Crippen LogP) is 8.73. The Kier molecular flexibility index (Phi) is 21.2. The lowest BCUT2D eigenvalue weighted by atomic mass is 9.89. The molecule has 8 aliphatic rings. The van der Waals surface area contributed by atoms with Crippen molar-refractivity contribution in [3.05, 3.63) is 175 Å². The summed E-state index contributed by atoms with van der Waals surface area (Å²) in [6.07, 6.45) is 15.2. The van der Waals surface area contributed by atoms with Crippen molar-refractivity contribution in [2.75, 3.05) is 54.0 Å². The molecule has 0 bridgehead atoms. The summed E-state index contributed by atoms with van der Waals surface area (Å²) in [5.74, 6) is -1.49. The van der Waals surface area contributed by atoms with Crippen molar-refractivity contribution in [1.29, 1.82) is 0 Å². The van der Waals surface area contributed by atoms with Crippen molar-refractivity contribution in [2.24, 2.45) is 0 Å². The zero-order valence-electron chi connectivity index (χ0n) is 47.2. The third-order valence-electron chi connectivity index (χ3n) is 16.4. The molecule has 86 heavy (non-hydrogen) atoms. The second-order valence-corrected chi connectivity index (χ2v) is 21.4. The minimum Gasteiger partial charge on any atom is -0.508 e. The Balaban J connectivity index is 0.000000148. The summed E-state index contributed by atoms with van der Waals surface area (Å²) in [6.45, 7) is 6.44. The number of nitrogens with zero attached hydrogens (tertiary/aromatic N) is 3. The molecule has 0 saturated heterocycles. The van der Waals surface area contributed by atoms with E-state index in [9.17, 15) is 39.6 Å². The lowest BCUT2D eigenvalue weighted by molar-refractivity contribution is -0.193. The number of carbonyl (C=O) groups is 4. The van der Waals surface area contributed by atoms with Gasteiger partial charge in [0.1, 0.15) is 17.2 Å². The van der Waals surface area contributed by atoms with Crippen LogP contribution in [0.4, 0.5) is 17.1 Å². The molecular formula is C66H65N3O17. The Bertz CT molecular complexity index is 3590. The summed E-state index contributed by atoms with van der Waals surface area (Å²) in [4.78, 5) is 104. The van der Waals surface area contributed by atoms with Gasteiger partial charge in [-0.3, -0.25) is 4.79 Å². The third kappa shape index (κ3) is 13.6. The van der Waals surface area contributed by atoms with Gasteiger partial charge in [-0.15, -0.1) is 0 Å². The molecule has 8 heterocycles. The number of aliphatic hydroxyl groups is 1. The molecule has 0 spiro atoms. The van der Waals surface area contributed by atoms with Crippen LogP contribution in [0.1, 0.15) is 167 Å². The Morgan fingerprint density at radius 1 is 0.442 bits per heavy atom. The molecule has 0 saturated carbocycles. The predicted molar refractivity (Wildman–Crippen MR) is 307 cm³/mol. The van der Waals surface area contributed by atoms with E-state index in [1.807, 2.05) is 24.3 Å². The number of rotatable bonds is 4. The number of phenolic OH excluding ortho intramolecular Hbond substituents is 3. The number of hydrogen-bond donors (Lipinski definition) is 5. The third-order valence-corrected chi connectivity index (χ3v) is 16.4. The maximum absolute atomic E-state index is 13.1. The molecule has 0 aromatic heterocycles. The van der Waals surface area contributed by atoms with Crippen molar-refractivity contribution in [3.63, 3.8) is 0 Å². The van der Waals surface area contributed by atoms with Gasteiger partial charge in [0.2, 0.25) is 6.29 Å². The van der Waals surface area contributed by atoms with E-state index in [2.05, 4.69) is 31.6 Å². The summed E-state index contributed by atoms with van der Waals surface area (Å²) in [6, 6.07) is 28.3. The fourth-order valence-electron chi connectivity index (χ4n) is 12.8. The largest absolute Gasteiger partial charge is 0.508 e. The molecule has 8 aliphatic heterocycles. The first-order valence-corrected chi connectivity index (χ1v) is 28.7. The van der Waals surface area contributed by atoms with Gasteiger partial charge in [0.05, 0.1) is 22.3 Å². The number of benzene rings is 6. The Hall–Kier alpha value is -9.70. The highest BCUT2D eigenvalue weighted by Crippen LogP contribution is 2.48. The van der Waals surface area contributed by atoms with Gasteiger partial charge in [-0.1, -0.05) is 60.7 Å². The number of ketones is 1. The average molecular weight is 1170 g/mol. The van der Waals surface area contributed by atoms with Crippen molar-refractivity contribution in [2.45, 2.75) is 109 Å². The van der Waals surface area contributed by atoms with Gasteiger partial charge in [0.15, 0.2) is 11.9 Å². The van der Waals surface area contributed by atoms with Crippen LogP contribution in [-0.4, -0.2) is 107 Å². The number of anilines is 3. The fourth-order valence-corrected chi connectivity index (χ4v) is 12.8. The number of aliphatic hydroxyl groups excluding tert-OH is 1. The highest BCUT2D eigenvalue weighted by atomic mass is 16.6. The normalized spacial score (nSPS) is 17.4. The summed E-state index contributed by atoms with van der Waals surface area (Å²) < 4.78 is 10.2. The van der Waals surface area contributed by atoms with E-state index in [0.29, 0.717) is 28.2 Å². The minimum absolute atomic E-state index is 0.0144. The van der Waals surface area contributed by atoms with E-state index in [1.165, 1.54) is 85.4 Å². The number of aromatic carboxylic acids is 1. The van der Waals surface area contributed by atoms with Crippen LogP contribution in [0.3, 0.4) is 0 Å². The summed E-state index contributed by atoms with van der Waals surface area (Å²) in [5, 5.41) is 50.3. The maximum Gasteiger partial charge on any atom is 0.373 e. The molecule has 5 N–H and O–H groups in total. The number of phenols is 3. The fraction of sp³-hybridized carbons (Fsp3) is 0.348. The standard InChI is InChI=1S/C21H21NO4.C21H21NO3.C13H17NO.C8H6O3.3CO2/c23-19(14-7-1-2-8-15(14)21(25)26)17-12-13-6-3-4-10-22-11-5-9-16(18(13)22)20(17)24;23-19-16-9-5-11-22-10-4-3-6-13(18(16)22)12-17(19)20-14-7-1-2-8-15(14)21(24)25-20;15-12-7-6-10-4-1-2-8-14-9-3-5-11(12)13(10)14;9-7-5-3-1-2-4-6(5)8(10)11-7;3*2-1-3/h1-2,7-8,12,24H,3-6,9-11H2,(H,25,26);1-2,7-8,12,20,23H,3-6,9-11H2;6-7,15H,1-5,8-9H2;1-4,7,9H;;;. The molecule has 2 atom stereocenters. The van der Waals surface area contributed by atoms with E-state index in [-0.39, 0.29) is 46.9 Å². The van der Waals surface area contributed by atoms with Gasteiger partial charge in [-0.25, -0.2) is 14.4 Å². The second kappa shape index (κ2) is 29.2. The van der Waals surface area contributed by atoms with Crippen LogP contribution in [0.5, 0.6) is 17.2 Å². The molecule has 20 nitrogen and oxygen atoms in total. The number of carbonyl (C=O) groups excluding carboxylic acids is 9. The summed E-state index contributed by atoms with van der Waals surface area (Å²) >= 11 is 0. The number of aryl methyl sites for hydroxylation is 3. The van der Waals surface area contributed by atoms with E-state index in [0.717, 1.165) is 124 Å². The quantitative estimate of drug-likeness (QED) is 0.0814. The lowest BCUT2D eigenvalue weighted by Crippen LogP contribution is -2.30. The number of carboxylic acid groups (broad SMARTS) is 1. The van der Waals surface area contributed by atoms with Crippen molar-refractivity contribution in [1.82, 2.24) is 0 Å². The van der Waals surface area contributed by atoms with Gasteiger partial charge in [0.25, 0.3) is 0 Å². The van der Waals surface area contributed by atoms with Crippen LogP contribution in [0, 0.1) is 0 Å². The number of esters is 2. The van der Waals surface area contributed by atoms with Crippen LogP contribution < -0.4 is 14.7 Å². The molecule has 20 heteroatoms. The van der Waals surface area contributed by atoms with Crippen molar-refractivity contribution >= 4 is 59.2 Å². The first-order valence-electron chi connectivity index (χ1n) is 28.7. The molecule has 0 radical (unpaired) electrons. The SMILES string of the molecule is O=C(O)c1ccccc1C(=O)c1cc2c3c(c1O)CCCN3CCCC2.O=C1OC(O)c2ccccc21.O=C1OC(c2cc3c4c(c2O)CCCN4CCCC3)c2ccccc21.O=C=O.O=C=O.O=C=O.Oc1ccc2c3c1CCCN3CCCC2. The number of hydrogen-bond acceptors (Lipinski definition) is 19. The minimum atomic E-state index is -1.14. The Labute approximate surface area is 495 Å². The first kappa shape index (κ1) is 62.3. The molecule has 0 amide bonds. The molecule has 2 unspecified atom stereocenters. The summed E-state index contributed by atoms with van der Waals surface area (Å²) in [5.41, 5.74) is 14.1. The van der Waals surface area contributed by atoms with Gasteiger partial charge in [-0.2, -0.15) is 28.8 Å². The highest BCUT2D eigenvalue weighted by molar-refractivity contribution is 6.16. The van der Waals surface area contributed by atoms with Gasteiger partial charge in [0, 0.05) is 95.3 Å². The highest BCUT2D eigenvalue weighted by Gasteiger charge is 2.37. The molecule has 14 rings (SSSR count). The monoisotopic (exact) mass is 1170 g/mol. The molecular weight excluding hydrogens is 1110 g/mol. The van der Waals surface area contributed by atoms with Crippen LogP contribution in [-0.2, 0) is 76.8 Å². The van der Waals surface area contributed by atoms with Gasteiger partial charge >= 0.3 is 36.4 Å². The lowest BCUT2D eigenvalue weighted by Gasteiger charge is -2.33. The number of aromatic hydroxyl groups is 3. The van der Waals surface area contributed by atoms with Crippen LogP contribution >= 0.6 is 0 Å². The molecule has 6 aromatic carbocycles. The van der Waals surface area contributed by atoms with Gasteiger partial charge in [-0.05, 0) is 149 Å². The van der Waals surface area contributed by atoms with Crippen molar-refractivity contribution in [3.8, 4) is 17.2 Å². The molecule has 446 valence electrons.